The van der Waals surface area contributed by atoms with Crippen LogP contribution < -0.4 is 5.32 Å². The Morgan fingerprint density at radius 3 is 2.53 bits per heavy atom. The predicted octanol–water partition coefficient (Wildman–Crippen LogP) is 3.07. The summed E-state index contributed by atoms with van der Waals surface area (Å²) < 4.78 is 1.56. The van der Waals surface area contributed by atoms with Gasteiger partial charge in [-0.05, 0) is 41.5 Å². The second-order valence-corrected chi connectivity index (χ2v) is 8.34. The molecule has 7 nitrogen and oxygen atoms in total. The average Bonchev–Trinajstić information content (AvgIpc) is 3.27. The monoisotopic (exact) mass is 404 g/mol. The number of pyridine rings is 1. The van der Waals surface area contributed by atoms with Crippen LogP contribution in [0.25, 0.3) is 5.82 Å². The van der Waals surface area contributed by atoms with Gasteiger partial charge < -0.3 is 5.32 Å². The lowest BCUT2D eigenvalue weighted by Crippen LogP contribution is -2.38. The molecule has 156 valence electrons. The molecule has 0 saturated carbocycles. The molecule has 1 aromatic carbocycles. The summed E-state index contributed by atoms with van der Waals surface area (Å²) in [6.45, 7) is 8.35. The summed E-state index contributed by atoms with van der Waals surface area (Å²) in [7, 11) is 0. The van der Waals surface area contributed by atoms with E-state index in [4.69, 9.17) is 0 Å². The summed E-state index contributed by atoms with van der Waals surface area (Å²) in [6.07, 6.45) is 5.89. The van der Waals surface area contributed by atoms with Gasteiger partial charge in [-0.3, -0.25) is 9.69 Å². The minimum atomic E-state index is -0.136. The van der Waals surface area contributed by atoms with Gasteiger partial charge in [0.15, 0.2) is 5.82 Å². The maximum atomic E-state index is 12.6. The minimum Gasteiger partial charge on any atom is -0.348 e. The van der Waals surface area contributed by atoms with Crippen molar-refractivity contribution in [1.29, 1.82) is 0 Å². The first-order chi connectivity index (χ1) is 14.6. The first kappa shape index (κ1) is 20.2. The SMILES string of the molecule is CC1CC(C)CN(Cc2ccccc2CNC(=O)c2ccc(-n3cncn3)nc2)C1. The first-order valence-corrected chi connectivity index (χ1v) is 10.5. The fourth-order valence-electron chi connectivity index (χ4n) is 4.31. The van der Waals surface area contributed by atoms with E-state index >= 15 is 0 Å². The Morgan fingerprint density at radius 2 is 1.87 bits per heavy atom. The maximum absolute atomic E-state index is 12.6. The summed E-state index contributed by atoms with van der Waals surface area (Å²) in [5.74, 6) is 1.95. The lowest BCUT2D eigenvalue weighted by atomic mass is 9.91. The van der Waals surface area contributed by atoms with Crippen LogP contribution >= 0.6 is 0 Å². The van der Waals surface area contributed by atoms with Crippen LogP contribution in [0.1, 0.15) is 41.8 Å². The van der Waals surface area contributed by atoms with Gasteiger partial charge >= 0.3 is 0 Å². The zero-order valence-electron chi connectivity index (χ0n) is 17.5. The van der Waals surface area contributed by atoms with Crippen molar-refractivity contribution in [2.75, 3.05) is 13.1 Å². The van der Waals surface area contributed by atoms with Crippen LogP contribution in [0.3, 0.4) is 0 Å². The highest BCUT2D eigenvalue weighted by molar-refractivity contribution is 5.93. The molecule has 0 radical (unpaired) electrons. The lowest BCUT2D eigenvalue weighted by Gasteiger charge is -2.35. The van der Waals surface area contributed by atoms with Gasteiger partial charge in [-0.1, -0.05) is 38.1 Å². The number of amides is 1. The number of rotatable bonds is 6. The standard InChI is InChI=1S/C23H28N6O/c1-17-9-18(2)13-28(12-17)14-21-6-4-3-5-19(21)10-26-23(30)20-7-8-22(25-11-20)29-16-24-15-27-29/h3-8,11,15-18H,9-10,12-14H2,1-2H3,(H,26,30). The summed E-state index contributed by atoms with van der Waals surface area (Å²) in [4.78, 5) is 23.3. The topological polar surface area (TPSA) is 75.9 Å². The molecule has 1 fully saturated rings. The second kappa shape index (κ2) is 9.17. The van der Waals surface area contributed by atoms with Crippen molar-refractivity contribution in [1.82, 2.24) is 30.0 Å². The number of nitrogens with one attached hydrogen (secondary N) is 1. The van der Waals surface area contributed by atoms with Crippen molar-refractivity contribution in [3.63, 3.8) is 0 Å². The fraction of sp³-hybridized carbons (Fsp3) is 0.391. The van der Waals surface area contributed by atoms with Gasteiger partial charge in [0.1, 0.15) is 12.7 Å². The molecule has 3 aromatic rings. The van der Waals surface area contributed by atoms with Crippen molar-refractivity contribution in [3.8, 4) is 5.82 Å². The molecule has 1 N–H and O–H groups in total. The third kappa shape index (κ3) is 4.91. The summed E-state index contributed by atoms with van der Waals surface area (Å²) in [5.41, 5.74) is 2.96. The Balaban J connectivity index is 1.38. The highest BCUT2D eigenvalue weighted by Crippen LogP contribution is 2.23. The average molecular weight is 405 g/mol. The van der Waals surface area contributed by atoms with E-state index < -0.39 is 0 Å². The molecule has 2 atom stereocenters. The van der Waals surface area contributed by atoms with Crippen LogP contribution in [-0.2, 0) is 13.1 Å². The summed E-state index contributed by atoms with van der Waals surface area (Å²) in [6, 6.07) is 11.9. The van der Waals surface area contributed by atoms with E-state index in [0.29, 0.717) is 17.9 Å². The van der Waals surface area contributed by atoms with E-state index in [-0.39, 0.29) is 5.91 Å². The van der Waals surface area contributed by atoms with E-state index in [1.165, 1.54) is 18.3 Å². The molecule has 3 heterocycles. The number of carbonyl (C=O) groups excluding carboxylic acids is 1. The number of aromatic nitrogens is 4. The van der Waals surface area contributed by atoms with E-state index in [0.717, 1.165) is 37.0 Å². The molecule has 0 spiro atoms. The normalized spacial score (nSPS) is 19.5. The largest absolute Gasteiger partial charge is 0.348 e. The Morgan fingerprint density at radius 1 is 1.10 bits per heavy atom. The number of nitrogens with zero attached hydrogens (tertiary/aromatic N) is 5. The van der Waals surface area contributed by atoms with Gasteiger partial charge in [0.2, 0.25) is 0 Å². The van der Waals surface area contributed by atoms with Crippen molar-refractivity contribution >= 4 is 5.91 Å². The molecule has 1 aliphatic heterocycles. The molecule has 4 rings (SSSR count). The van der Waals surface area contributed by atoms with Crippen LogP contribution in [0.5, 0.6) is 0 Å². The lowest BCUT2D eigenvalue weighted by molar-refractivity contribution is 0.0950. The van der Waals surface area contributed by atoms with E-state index in [2.05, 4.69) is 57.3 Å². The van der Waals surface area contributed by atoms with Crippen LogP contribution in [0, 0.1) is 11.8 Å². The minimum absolute atomic E-state index is 0.136. The molecule has 30 heavy (non-hydrogen) atoms. The van der Waals surface area contributed by atoms with E-state index in [1.54, 1.807) is 29.3 Å². The van der Waals surface area contributed by atoms with Gasteiger partial charge in [-0.25, -0.2) is 14.6 Å². The molecular formula is C23H28N6O. The third-order valence-corrected chi connectivity index (χ3v) is 5.56. The predicted molar refractivity (Wildman–Crippen MR) is 115 cm³/mol. The fourth-order valence-corrected chi connectivity index (χ4v) is 4.31. The Hall–Kier alpha value is -3.06. The zero-order valence-corrected chi connectivity index (χ0v) is 17.5. The highest BCUT2D eigenvalue weighted by Gasteiger charge is 2.22. The van der Waals surface area contributed by atoms with Gasteiger partial charge in [0.05, 0.1) is 5.56 Å². The van der Waals surface area contributed by atoms with Crippen LogP contribution in [0.2, 0.25) is 0 Å². The molecule has 0 bridgehead atoms. The van der Waals surface area contributed by atoms with Gasteiger partial charge in [0, 0.05) is 32.4 Å². The van der Waals surface area contributed by atoms with Crippen molar-refractivity contribution in [3.05, 3.63) is 71.9 Å². The van der Waals surface area contributed by atoms with Crippen LogP contribution in [0.4, 0.5) is 0 Å². The molecule has 7 heteroatoms. The van der Waals surface area contributed by atoms with Gasteiger partial charge in [-0.15, -0.1) is 0 Å². The maximum Gasteiger partial charge on any atom is 0.253 e. The number of likely N-dealkylation sites (tertiary alicyclic amines) is 1. The van der Waals surface area contributed by atoms with E-state index in [9.17, 15) is 4.79 Å². The zero-order chi connectivity index (χ0) is 20.9. The smallest absolute Gasteiger partial charge is 0.253 e. The number of piperidine rings is 1. The molecule has 1 saturated heterocycles. The van der Waals surface area contributed by atoms with Crippen molar-refractivity contribution in [2.45, 2.75) is 33.4 Å². The number of hydrogen-bond donors (Lipinski definition) is 1. The molecule has 2 unspecified atom stereocenters. The second-order valence-electron chi connectivity index (χ2n) is 8.34. The Labute approximate surface area is 177 Å². The molecule has 1 aliphatic rings. The highest BCUT2D eigenvalue weighted by atomic mass is 16.1. The van der Waals surface area contributed by atoms with Gasteiger partial charge in [-0.2, -0.15) is 5.10 Å². The molecule has 1 amide bonds. The number of hydrogen-bond acceptors (Lipinski definition) is 5. The van der Waals surface area contributed by atoms with Crippen molar-refractivity contribution < 1.29 is 4.79 Å². The van der Waals surface area contributed by atoms with Crippen LogP contribution in [-0.4, -0.2) is 43.6 Å². The van der Waals surface area contributed by atoms with Crippen LogP contribution in [0.15, 0.2) is 55.2 Å². The quantitative estimate of drug-likeness (QED) is 0.683. The summed E-state index contributed by atoms with van der Waals surface area (Å²) >= 11 is 0. The van der Waals surface area contributed by atoms with Gasteiger partial charge in [0.25, 0.3) is 5.91 Å². The Bertz CT molecular complexity index is 960. The molecular weight excluding hydrogens is 376 g/mol. The molecule has 2 aromatic heterocycles. The first-order valence-electron chi connectivity index (χ1n) is 10.5. The summed E-state index contributed by atoms with van der Waals surface area (Å²) in [5, 5.41) is 7.07. The van der Waals surface area contributed by atoms with Crippen molar-refractivity contribution in [2.24, 2.45) is 11.8 Å². The number of benzene rings is 1. The Kier molecular flexibility index (Phi) is 6.18. The third-order valence-electron chi connectivity index (χ3n) is 5.56. The van der Waals surface area contributed by atoms with E-state index in [1.807, 2.05) is 6.07 Å². The molecule has 0 aliphatic carbocycles. The number of carbonyl (C=O) groups is 1.